The Morgan fingerprint density at radius 1 is 1.11 bits per heavy atom. The first-order chi connectivity index (χ1) is 8.63. The Hall–Kier alpha value is -1.06. The maximum Gasteiger partial charge on any atom is 0.226 e. The first-order valence-corrected chi connectivity index (χ1v) is 7.21. The molecule has 4 nitrogen and oxygen atoms in total. The first-order valence-electron chi connectivity index (χ1n) is 7.21. The van der Waals surface area contributed by atoms with Crippen molar-refractivity contribution in [3.63, 3.8) is 0 Å². The van der Waals surface area contributed by atoms with Gasteiger partial charge >= 0.3 is 0 Å². The predicted octanol–water partition coefficient (Wildman–Crippen LogP) is 1.65. The number of amides is 2. The molecule has 2 aliphatic rings. The second-order valence-corrected chi connectivity index (χ2v) is 5.53. The maximum atomic E-state index is 12.4. The summed E-state index contributed by atoms with van der Waals surface area (Å²) in [7, 11) is 0. The highest BCUT2D eigenvalue weighted by atomic mass is 16.2. The summed E-state index contributed by atoms with van der Waals surface area (Å²) in [6.45, 7) is 6.47. The van der Waals surface area contributed by atoms with Gasteiger partial charge in [0, 0.05) is 38.0 Å². The number of nitrogens with zero attached hydrogens (tertiary/aromatic N) is 2. The summed E-state index contributed by atoms with van der Waals surface area (Å²) in [6.07, 6.45) is 4.53. The minimum absolute atomic E-state index is 0.145. The summed E-state index contributed by atoms with van der Waals surface area (Å²) in [5, 5.41) is 0. The van der Waals surface area contributed by atoms with Crippen LogP contribution in [0, 0.1) is 5.92 Å². The fourth-order valence-corrected chi connectivity index (χ4v) is 3.09. The van der Waals surface area contributed by atoms with Gasteiger partial charge < -0.3 is 9.80 Å². The van der Waals surface area contributed by atoms with Crippen LogP contribution in [0.4, 0.5) is 0 Å². The van der Waals surface area contributed by atoms with E-state index in [0.29, 0.717) is 18.4 Å². The van der Waals surface area contributed by atoms with Gasteiger partial charge in [0.15, 0.2) is 0 Å². The average molecular weight is 252 g/mol. The summed E-state index contributed by atoms with van der Waals surface area (Å²) >= 11 is 0. The number of rotatable bonds is 2. The van der Waals surface area contributed by atoms with Crippen molar-refractivity contribution in [2.75, 3.05) is 19.6 Å². The highest BCUT2D eigenvalue weighted by Gasteiger charge is 2.33. The first kappa shape index (κ1) is 13.4. The standard InChI is InChI=1S/C14H24N2O2/c1-3-13(17)15-9-6-12(7-10-15)14(18)16-8-4-5-11(16)2/h11-12H,3-10H2,1-2H3. The van der Waals surface area contributed by atoms with Gasteiger partial charge in [0.1, 0.15) is 0 Å². The van der Waals surface area contributed by atoms with E-state index >= 15 is 0 Å². The van der Waals surface area contributed by atoms with E-state index in [0.717, 1.165) is 45.3 Å². The molecule has 0 aromatic heterocycles. The molecule has 2 heterocycles. The third kappa shape index (κ3) is 2.68. The van der Waals surface area contributed by atoms with Crippen molar-refractivity contribution >= 4 is 11.8 Å². The van der Waals surface area contributed by atoms with Crippen LogP contribution in [-0.2, 0) is 9.59 Å². The lowest BCUT2D eigenvalue weighted by molar-refractivity contribution is -0.141. The highest BCUT2D eigenvalue weighted by Crippen LogP contribution is 2.25. The molecular formula is C14H24N2O2. The van der Waals surface area contributed by atoms with Crippen molar-refractivity contribution < 1.29 is 9.59 Å². The molecule has 0 bridgehead atoms. The van der Waals surface area contributed by atoms with Crippen LogP contribution < -0.4 is 0 Å². The van der Waals surface area contributed by atoms with Crippen LogP contribution >= 0.6 is 0 Å². The minimum Gasteiger partial charge on any atom is -0.343 e. The van der Waals surface area contributed by atoms with E-state index in [1.54, 1.807) is 0 Å². The Bertz CT molecular complexity index is 322. The second-order valence-electron chi connectivity index (χ2n) is 5.53. The van der Waals surface area contributed by atoms with Gasteiger partial charge in [-0.1, -0.05) is 6.92 Å². The van der Waals surface area contributed by atoms with Crippen molar-refractivity contribution in [3.8, 4) is 0 Å². The smallest absolute Gasteiger partial charge is 0.226 e. The van der Waals surface area contributed by atoms with Crippen molar-refractivity contribution in [1.29, 1.82) is 0 Å². The molecule has 2 saturated heterocycles. The van der Waals surface area contributed by atoms with E-state index < -0.39 is 0 Å². The van der Waals surface area contributed by atoms with Gasteiger partial charge in [0.2, 0.25) is 11.8 Å². The molecule has 1 unspecified atom stereocenters. The van der Waals surface area contributed by atoms with Crippen LogP contribution in [0.5, 0.6) is 0 Å². The summed E-state index contributed by atoms with van der Waals surface area (Å²) in [4.78, 5) is 27.9. The van der Waals surface area contributed by atoms with E-state index in [-0.39, 0.29) is 11.8 Å². The molecule has 0 aliphatic carbocycles. The van der Waals surface area contributed by atoms with Crippen molar-refractivity contribution in [1.82, 2.24) is 9.80 Å². The zero-order chi connectivity index (χ0) is 13.1. The molecule has 0 radical (unpaired) electrons. The normalized spacial score (nSPS) is 25.6. The molecule has 0 aromatic carbocycles. The van der Waals surface area contributed by atoms with Crippen LogP contribution in [0.15, 0.2) is 0 Å². The third-order valence-corrected chi connectivity index (χ3v) is 4.34. The summed E-state index contributed by atoms with van der Waals surface area (Å²) < 4.78 is 0. The zero-order valence-corrected chi connectivity index (χ0v) is 11.5. The van der Waals surface area contributed by atoms with Gasteiger partial charge in [-0.15, -0.1) is 0 Å². The van der Waals surface area contributed by atoms with E-state index in [1.807, 2.05) is 16.7 Å². The third-order valence-electron chi connectivity index (χ3n) is 4.34. The zero-order valence-electron chi connectivity index (χ0n) is 11.5. The molecular weight excluding hydrogens is 228 g/mol. The topological polar surface area (TPSA) is 40.6 Å². The van der Waals surface area contributed by atoms with Crippen LogP contribution in [0.3, 0.4) is 0 Å². The molecule has 0 saturated carbocycles. The summed E-state index contributed by atoms with van der Waals surface area (Å²) in [5.74, 6) is 0.686. The molecule has 0 N–H and O–H groups in total. The van der Waals surface area contributed by atoms with Crippen LogP contribution in [0.25, 0.3) is 0 Å². The molecule has 4 heteroatoms. The molecule has 0 spiro atoms. The van der Waals surface area contributed by atoms with Gasteiger partial charge in [0.25, 0.3) is 0 Å². The van der Waals surface area contributed by atoms with E-state index in [9.17, 15) is 9.59 Å². The largest absolute Gasteiger partial charge is 0.343 e. The van der Waals surface area contributed by atoms with Crippen molar-refractivity contribution in [2.24, 2.45) is 5.92 Å². The van der Waals surface area contributed by atoms with Crippen molar-refractivity contribution in [2.45, 2.75) is 52.0 Å². The van der Waals surface area contributed by atoms with E-state index in [1.165, 1.54) is 0 Å². The molecule has 2 aliphatic heterocycles. The number of carbonyl (C=O) groups excluding carboxylic acids is 2. The lowest BCUT2D eigenvalue weighted by Crippen LogP contribution is -2.45. The lowest BCUT2D eigenvalue weighted by atomic mass is 9.95. The number of carbonyl (C=O) groups is 2. The van der Waals surface area contributed by atoms with Gasteiger partial charge in [-0.3, -0.25) is 9.59 Å². The van der Waals surface area contributed by atoms with Gasteiger partial charge in [-0.25, -0.2) is 0 Å². The van der Waals surface area contributed by atoms with E-state index in [4.69, 9.17) is 0 Å². The monoisotopic (exact) mass is 252 g/mol. The maximum absolute atomic E-state index is 12.4. The lowest BCUT2D eigenvalue weighted by Gasteiger charge is -2.34. The minimum atomic E-state index is 0.145. The van der Waals surface area contributed by atoms with Gasteiger partial charge in [-0.05, 0) is 32.6 Å². The molecule has 2 rings (SSSR count). The Morgan fingerprint density at radius 3 is 2.28 bits per heavy atom. The molecule has 102 valence electrons. The number of piperidine rings is 1. The molecule has 18 heavy (non-hydrogen) atoms. The molecule has 2 amide bonds. The Labute approximate surface area is 109 Å². The van der Waals surface area contributed by atoms with Crippen LogP contribution in [0.2, 0.25) is 0 Å². The predicted molar refractivity (Wildman–Crippen MR) is 70.0 cm³/mol. The molecule has 2 fully saturated rings. The van der Waals surface area contributed by atoms with Gasteiger partial charge in [0.05, 0.1) is 0 Å². The van der Waals surface area contributed by atoms with Crippen LogP contribution in [-0.4, -0.2) is 47.3 Å². The van der Waals surface area contributed by atoms with Crippen LogP contribution in [0.1, 0.15) is 46.0 Å². The molecule has 0 aromatic rings. The fourth-order valence-electron chi connectivity index (χ4n) is 3.09. The SMILES string of the molecule is CCC(=O)N1CCC(C(=O)N2CCCC2C)CC1. The number of hydrogen-bond donors (Lipinski definition) is 0. The highest BCUT2D eigenvalue weighted by molar-refractivity contribution is 5.80. The van der Waals surface area contributed by atoms with Gasteiger partial charge in [-0.2, -0.15) is 0 Å². The number of hydrogen-bond acceptors (Lipinski definition) is 2. The van der Waals surface area contributed by atoms with Crippen molar-refractivity contribution in [3.05, 3.63) is 0 Å². The fraction of sp³-hybridized carbons (Fsp3) is 0.857. The summed E-state index contributed by atoms with van der Waals surface area (Å²) in [6, 6.07) is 0.410. The molecule has 1 atom stereocenters. The summed E-state index contributed by atoms with van der Waals surface area (Å²) in [5.41, 5.74) is 0. The Balaban J connectivity index is 1.86. The Kier molecular flexibility index (Phi) is 4.25. The Morgan fingerprint density at radius 2 is 1.78 bits per heavy atom. The average Bonchev–Trinajstić information content (AvgIpc) is 2.83. The number of likely N-dealkylation sites (tertiary alicyclic amines) is 2. The quantitative estimate of drug-likeness (QED) is 0.749. The second kappa shape index (κ2) is 5.72. The van der Waals surface area contributed by atoms with E-state index in [2.05, 4.69) is 6.92 Å².